The Bertz CT molecular complexity index is 1160. The summed E-state index contributed by atoms with van der Waals surface area (Å²) in [4.78, 5) is -0.0693. The Morgan fingerprint density at radius 1 is 1.06 bits per heavy atom. The molecule has 2 aromatic carbocycles. The number of methoxy groups -OCH3 is 2. The molecule has 0 spiro atoms. The standard InChI is InChI=1S/C21H26FNO6S2/c1-14-10-16(5-6-17(14)22)31(26,27)21-13-30(24,25)12-18(21)23-9-8-15-4-7-19(28-2)20(11-15)29-3/h4-7,10-11,18,21,23H,8-9,12-13H2,1-3H3/t18-,21-/m0/s1. The van der Waals surface area contributed by atoms with Gasteiger partial charge in [-0.25, -0.2) is 21.2 Å². The summed E-state index contributed by atoms with van der Waals surface area (Å²) in [5.41, 5.74) is 1.12. The maximum Gasteiger partial charge on any atom is 0.183 e. The van der Waals surface area contributed by atoms with Gasteiger partial charge in [0.1, 0.15) is 5.82 Å². The van der Waals surface area contributed by atoms with Crippen molar-refractivity contribution >= 4 is 19.7 Å². The van der Waals surface area contributed by atoms with E-state index >= 15 is 0 Å². The molecule has 1 N–H and O–H groups in total. The normalized spacial score (nSPS) is 20.5. The first-order chi connectivity index (χ1) is 14.6. The molecule has 0 aliphatic carbocycles. The summed E-state index contributed by atoms with van der Waals surface area (Å²) in [5, 5.41) is 1.97. The fourth-order valence-electron chi connectivity index (χ4n) is 3.72. The second kappa shape index (κ2) is 9.13. The number of hydrogen-bond donors (Lipinski definition) is 1. The van der Waals surface area contributed by atoms with Gasteiger partial charge in [0, 0.05) is 6.04 Å². The van der Waals surface area contributed by atoms with Gasteiger partial charge in [0.05, 0.1) is 35.9 Å². The van der Waals surface area contributed by atoms with Crippen LogP contribution in [-0.2, 0) is 26.1 Å². The van der Waals surface area contributed by atoms with Crippen molar-refractivity contribution in [3.63, 3.8) is 0 Å². The zero-order valence-corrected chi connectivity index (χ0v) is 19.2. The van der Waals surface area contributed by atoms with Gasteiger partial charge in [-0.3, -0.25) is 0 Å². The van der Waals surface area contributed by atoms with Crippen molar-refractivity contribution in [1.82, 2.24) is 5.32 Å². The molecule has 1 heterocycles. The molecule has 3 rings (SSSR count). The molecule has 0 bridgehead atoms. The lowest BCUT2D eigenvalue weighted by Crippen LogP contribution is -2.44. The topological polar surface area (TPSA) is 98.8 Å². The van der Waals surface area contributed by atoms with Crippen molar-refractivity contribution in [2.24, 2.45) is 0 Å². The van der Waals surface area contributed by atoms with Gasteiger partial charge in [0.25, 0.3) is 0 Å². The van der Waals surface area contributed by atoms with Gasteiger partial charge in [0.15, 0.2) is 31.2 Å². The largest absolute Gasteiger partial charge is 0.493 e. The number of ether oxygens (including phenoxy) is 2. The highest BCUT2D eigenvalue weighted by Crippen LogP contribution is 2.29. The van der Waals surface area contributed by atoms with Gasteiger partial charge < -0.3 is 14.8 Å². The van der Waals surface area contributed by atoms with Gasteiger partial charge in [-0.2, -0.15) is 0 Å². The van der Waals surface area contributed by atoms with Crippen LogP contribution in [0.2, 0.25) is 0 Å². The molecule has 0 unspecified atom stereocenters. The SMILES string of the molecule is COc1ccc(CCN[C@H]2CS(=O)(=O)C[C@@H]2S(=O)(=O)c2ccc(F)c(C)c2)cc1OC. The second-order valence-corrected chi connectivity index (χ2v) is 11.9. The van der Waals surface area contributed by atoms with Crippen LogP contribution in [0.15, 0.2) is 41.3 Å². The average molecular weight is 472 g/mol. The number of hydrogen-bond acceptors (Lipinski definition) is 7. The summed E-state index contributed by atoms with van der Waals surface area (Å²) in [6.07, 6.45) is 0.541. The molecule has 0 radical (unpaired) electrons. The second-order valence-electron chi connectivity index (χ2n) is 7.57. The summed E-state index contributed by atoms with van der Waals surface area (Å²) in [6.45, 7) is 1.85. The van der Waals surface area contributed by atoms with Crippen LogP contribution in [0, 0.1) is 12.7 Å². The summed E-state index contributed by atoms with van der Waals surface area (Å²) < 4.78 is 74.8. The van der Waals surface area contributed by atoms with Crippen LogP contribution >= 0.6 is 0 Å². The first-order valence-corrected chi connectivity index (χ1v) is 13.1. The highest BCUT2D eigenvalue weighted by Gasteiger charge is 2.45. The third-order valence-electron chi connectivity index (χ3n) is 5.43. The van der Waals surface area contributed by atoms with Crippen molar-refractivity contribution in [2.75, 3.05) is 32.3 Å². The van der Waals surface area contributed by atoms with Crippen molar-refractivity contribution in [3.8, 4) is 11.5 Å². The third-order valence-corrected chi connectivity index (χ3v) is 9.57. The summed E-state index contributed by atoms with van der Waals surface area (Å²) in [6, 6.07) is 8.23. The zero-order chi connectivity index (χ0) is 22.8. The molecule has 0 amide bonds. The molecular formula is C21H26FNO6S2. The van der Waals surface area contributed by atoms with Crippen LogP contribution in [0.3, 0.4) is 0 Å². The van der Waals surface area contributed by atoms with Crippen molar-refractivity contribution in [1.29, 1.82) is 0 Å². The minimum atomic E-state index is -3.96. The lowest BCUT2D eigenvalue weighted by atomic mass is 10.1. The lowest BCUT2D eigenvalue weighted by molar-refractivity contribution is 0.354. The lowest BCUT2D eigenvalue weighted by Gasteiger charge is -2.20. The van der Waals surface area contributed by atoms with Crippen LogP contribution in [0.4, 0.5) is 4.39 Å². The highest BCUT2D eigenvalue weighted by molar-refractivity contribution is 7.96. The quantitative estimate of drug-likeness (QED) is 0.588. The number of sulfone groups is 2. The van der Waals surface area contributed by atoms with Crippen LogP contribution < -0.4 is 14.8 Å². The third kappa shape index (κ3) is 5.19. The first kappa shape index (κ1) is 23.5. The van der Waals surface area contributed by atoms with Crippen molar-refractivity contribution in [2.45, 2.75) is 29.5 Å². The molecule has 1 saturated heterocycles. The Kier molecular flexibility index (Phi) is 6.92. The zero-order valence-electron chi connectivity index (χ0n) is 17.6. The van der Waals surface area contributed by atoms with Gasteiger partial charge >= 0.3 is 0 Å². The Morgan fingerprint density at radius 3 is 2.42 bits per heavy atom. The maximum atomic E-state index is 13.6. The summed E-state index contributed by atoms with van der Waals surface area (Å²) in [7, 11) is -4.40. The Morgan fingerprint density at radius 2 is 1.77 bits per heavy atom. The number of rotatable bonds is 8. The van der Waals surface area contributed by atoms with E-state index in [1.54, 1.807) is 13.2 Å². The molecule has 10 heteroatoms. The van der Waals surface area contributed by atoms with E-state index in [1.165, 1.54) is 26.2 Å². The van der Waals surface area contributed by atoms with Crippen molar-refractivity contribution < 1.29 is 30.7 Å². The number of aryl methyl sites for hydroxylation is 1. The first-order valence-electron chi connectivity index (χ1n) is 9.72. The minimum Gasteiger partial charge on any atom is -0.493 e. The van der Waals surface area contributed by atoms with Crippen molar-refractivity contribution in [3.05, 3.63) is 53.3 Å². The van der Waals surface area contributed by atoms with Crippen LogP contribution in [-0.4, -0.2) is 60.4 Å². The van der Waals surface area contributed by atoms with E-state index in [-0.39, 0.29) is 16.2 Å². The van der Waals surface area contributed by atoms with E-state index in [1.807, 2.05) is 12.1 Å². The van der Waals surface area contributed by atoms with E-state index in [2.05, 4.69) is 5.32 Å². The predicted molar refractivity (Wildman–Crippen MR) is 116 cm³/mol. The maximum absolute atomic E-state index is 13.6. The molecule has 31 heavy (non-hydrogen) atoms. The molecule has 0 saturated carbocycles. The van der Waals surface area contributed by atoms with Gasteiger partial charge in [0.2, 0.25) is 0 Å². The van der Waals surface area contributed by atoms with E-state index < -0.39 is 42.5 Å². The monoisotopic (exact) mass is 471 g/mol. The minimum absolute atomic E-state index is 0.0693. The van der Waals surface area contributed by atoms with E-state index in [0.717, 1.165) is 11.6 Å². The van der Waals surface area contributed by atoms with E-state index in [0.29, 0.717) is 24.5 Å². The fourth-order valence-corrected chi connectivity index (χ4v) is 8.52. The number of halogens is 1. The highest BCUT2D eigenvalue weighted by atomic mass is 32.2. The molecule has 1 fully saturated rings. The summed E-state index contributed by atoms with van der Waals surface area (Å²) in [5.74, 6) is -0.0528. The number of nitrogens with one attached hydrogen (secondary N) is 1. The van der Waals surface area contributed by atoms with Gasteiger partial charge in [-0.15, -0.1) is 0 Å². The van der Waals surface area contributed by atoms with Crippen LogP contribution in [0.25, 0.3) is 0 Å². The molecule has 2 atom stereocenters. The summed E-state index contributed by atoms with van der Waals surface area (Å²) >= 11 is 0. The average Bonchev–Trinajstić information content (AvgIpc) is 3.05. The van der Waals surface area contributed by atoms with E-state index in [9.17, 15) is 21.2 Å². The molecular weight excluding hydrogens is 445 g/mol. The molecule has 2 aromatic rings. The van der Waals surface area contributed by atoms with Gasteiger partial charge in [-0.1, -0.05) is 6.07 Å². The predicted octanol–water partition coefficient (Wildman–Crippen LogP) is 1.92. The molecule has 1 aliphatic rings. The molecule has 7 nitrogen and oxygen atoms in total. The Labute approximate surface area is 182 Å². The fraction of sp³-hybridized carbons (Fsp3) is 0.429. The number of benzene rings is 2. The Balaban J connectivity index is 1.76. The van der Waals surface area contributed by atoms with Gasteiger partial charge in [-0.05, 0) is 61.3 Å². The van der Waals surface area contributed by atoms with Crippen LogP contribution in [0.5, 0.6) is 11.5 Å². The van der Waals surface area contributed by atoms with Crippen LogP contribution in [0.1, 0.15) is 11.1 Å². The smallest absolute Gasteiger partial charge is 0.183 e. The molecule has 170 valence electrons. The van der Waals surface area contributed by atoms with E-state index in [4.69, 9.17) is 9.47 Å². The Hall–Kier alpha value is -2.17. The molecule has 1 aliphatic heterocycles. The molecule has 0 aromatic heterocycles.